The van der Waals surface area contributed by atoms with Crippen molar-refractivity contribution in [3.63, 3.8) is 0 Å². The van der Waals surface area contributed by atoms with Crippen LogP contribution in [0.15, 0.2) is 84.0 Å². The van der Waals surface area contributed by atoms with Crippen molar-refractivity contribution in [2.45, 2.75) is 11.3 Å². The first-order chi connectivity index (χ1) is 15.8. The second kappa shape index (κ2) is 9.56. The zero-order valence-corrected chi connectivity index (χ0v) is 19.0. The van der Waals surface area contributed by atoms with Gasteiger partial charge >= 0.3 is 0 Å². The van der Waals surface area contributed by atoms with Crippen LogP contribution in [0, 0.1) is 10.1 Å². The molecule has 2 aromatic heterocycles. The Morgan fingerprint density at radius 1 is 0.909 bits per heavy atom. The predicted octanol–water partition coefficient (Wildman–Crippen LogP) is 5.50. The number of benzene rings is 2. The number of nitrogens with zero attached hydrogens (tertiary/aromatic N) is 2. The summed E-state index contributed by atoms with van der Waals surface area (Å²) in [5.74, 6) is -0.261. The third-order valence-corrected chi connectivity index (χ3v) is 7.29. The van der Waals surface area contributed by atoms with Crippen molar-refractivity contribution in [2.75, 3.05) is 12.3 Å². The Kier molecular flexibility index (Phi) is 6.57. The fraction of sp³-hybridized carbons (Fsp3) is 0.125. The van der Waals surface area contributed by atoms with E-state index in [0.29, 0.717) is 5.02 Å². The lowest BCUT2D eigenvalue weighted by Crippen LogP contribution is -2.11. The van der Waals surface area contributed by atoms with Gasteiger partial charge in [0.2, 0.25) is 6.54 Å². The molecule has 2 aromatic carbocycles. The largest absolute Gasteiger partial charge is 0.354 e. The smallest absolute Gasteiger partial charge is 0.204 e. The molecule has 0 radical (unpaired) electrons. The molecule has 0 bridgehead atoms. The monoisotopic (exact) mass is 481 g/mol. The molecule has 7 nitrogen and oxygen atoms in total. The Morgan fingerprint density at radius 2 is 1.55 bits per heavy atom. The van der Waals surface area contributed by atoms with E-state index in [9.17, 15) is 18.5 Å². The lowest BCUT2D eigenvalue weighted by Gasteiger charge is -2.05. The lowest BCUT2D eigenvalue weighted by atomic mass is 10.0. The zero-order chi connectivity index (χ0) is 23.4. The maximum atomic E-state index is 12.5. The van der Waals surface area contributed by atoms with Gasteiger partial charge in [-0.15, -0.1) is 0 Å². The SMILES string of the molecule is O=[N+]([O-])CCCS(=O)(=O)c1ccc(-c2cc(-c3ccncc3)c(-c3ccc(Cl)cc3)[nH]2)cc1. The molecule has 33 heavy (non-hydrogen) atoms. The molecule has 0 atom stereocenters. The summed E-state index contributed by atoms with van der Waals surface area (Å²) in [6.07, 6.45) is 3.44. The lowest BCUT2D eigenvalue weighted by molar-refractivity contribution is -0.479. The van der Waals surface area contributed by atoms with Crippen LogP contribution in [0.1, 0.15) is 6.42 Å². The predicted molar refractivity (Wildman–Crippen MR) is 128 cm³/mol. The molecule has 1 N–H and O–H groups in total. The number of sulfone groups is 1. The fourth-order valence-corrected chi connectivity index (χ4v) is 4.98. The second-order valence-corrected chi connectivity index (χ2v) is 10.0. The average Bonchev–Trinajstić information content (AvgIpc) is 3.25. The van der Waals surface area contributed by atoms with Gasteiger partial charge < -0.3 is 4.98 Å². The number of pyridine rings is 1. The number of aromatic nitrogens is 2. The number of hydrogen-bond donors (Lipinski definition) is 1. The highest BCUT2D eigenvalue weighted by molar-refractivity contribution is 7.91. The third kappa shape index (κ3) is 5.30. The summed E-state index contributed by atoms with van der Waals surface area (Å²) in [5, 5.41) is 11.1. The van der Waals surface area contributed by atoms with Crippen molar-refractivity contribution in [1.82, 2.24) is 9.97 Å². The summed E-state index contributed by atoms with van der Waals surface area (Å²) < 4.78 is 24.9. The summed E-state index contributed by atoms with van der Waals surface area (Å²) in [6, 6.07) is 19.9. The minimum absolute atomic E-state index is 0.0204. The molecule has 0 saturated heterocycles. The zero-order valence-electron chi connectivity index (χ0n) is 17.4. The van der Waals surface area contributed by atoms with E-state index in [2.05, 4.69) is 9.97 Å². The minimum Gasteiger partial charge on any atom is -0.354 e. The van der Waals surface area contributed by atoms with E-state index in [0.717, 1.165) is 33.6 Å². The van der Waals surface area contributed by atoms with Gasteiger partial charge in [0.15, 0.2) is 9.84 Å². The summed E-state index contributed by atoms with van der Waals surface area (Å²) in [5.41, 5.74) is 5.47. The quantitative estimate of drug-likeness (QED) is 0.264. The standard InChI is InChI=1S/C24H20ClN3O4S/c25-20-6-2-19(3-7-20)24-22(17-10-12-26-13-11-17)16-23(27-24)18-4-8-21(9-5-18)33(31,32)15-1-14-28(29)30/h2-13,16,27H,1,14-15H2. The van der Waals surface area contributed by atoms with Gasteiger partial charge in [0.1, 0.15) is 0 Å². The second-order valence-electron chi connectivity index (χ2n) is 7.47. The molecular formula is C24H20ClN3O4S. The summed E-state index contributed by atoms with van der Waals surface area (Å²) in [6.45, 7) is -0.370. The molecule has 0 aliphatic heterocycles. The summed E-state index contributed by atoms with van der Waals surface area (Å²) in [4.78, 5) is 17.6. The van der Waals surface area contributed by atoms with Crippen LogP contribution in [-0.2, 0) is 9.84 Å². The Bertz CT molecular complexity index is 1370. The van der Waals surface area contributed by atoms with E-state index in [1.54, 1.807) is 24.5 Å². The third-order valence-electron chi connectivity index (χ3n) is 5.22. The molecule has 0 fully saturated rings. The van der Waals surface area contributed by atoms with Gasteiger partial charge in [-0.05, 0) is 59.2 Å². The first-order valence-corrected chi connectivity index (χ1v) is 12.2. The Morgan fingerprint density at radius 3 is 2.18 bits per heavy atom. The van der Waals surface area contributed by atoms with E-state index in [-0.39, 0.29) is 23.6 Å². The molecule has 0 saturated carbocycles. The molecule has 0 unspecified atom stereocenters. The van der Waals surface area contributed by atoms with Crippen molar-refractivity contribution in [2.24, 2.45) is 0 Å². The first kappa shape index (κ1) is 22.7. The number of aromatic amines is 1. The Labute approximate surface area is 196 Å². The molecule has 9 heteroatoms. The first-order valence-electron chi connectivity index (χ1n) is 10.2. The minimum atomic E-state index is -3.58. The Hall–Kier alpha value is -3.49. The van der Waals surface area contributed by atoms with Gasteiger partial charge in [-0.25, -0.2) is 8.42 Å². The highest BCUT2D eigenvalue weighted by Crippen LogP contribution is 2.36. The van der Waals surface area contributed by atoms with E-state index in [1.807, 2.05) is 42.5 Å². The van der Waals surface area contributed by atoms with Crippen molar-refractivity contribution in [1.29, 1.82) is 0 Å². The van der Waals surface area contributed by atoms with Crippen LogP contribution < -0.4 is 0 Å². The van der Waals surface area contributed by atoms with Crippen molar-refractivity contribution >= 4 is 21.4 Å². The molecule has 0 spiro atoms. The number of H-pyrrole nitrogens is 1. The van der Waals surface area contributed by atoms with Crippen LogP contribution in [0.5, 0.6) is 0 Å². The van der Waals surface area contributed by atoms with Gasteiger partial charge in [-0.3, -0.25) is 15.1 Å². The van der Waals surface area contributed by atoms with Crippen molar-refractivity contribution in [3.8, 4) is 33.6 Å². The van der Waals surface area contributed by atoms with Crippen LogP contribution in [0.2, 0.25) is 5.02 Å². The van der Waals surface area contributed by atoms with Gasteiger partial charge in [-0.1, -0.05) is 35.9 Å². The molecule has 4 rings (SSSR count). The highest BCUT2D eigenvalue weighted by Gasteiger charge is 2.17. The van der Waals surface area contributed by atoms with Crippen LogP contribution >= 0.6 is 11.6 Å². The molecule has 0 aliphatic rings. The van der Waals surface area contributed by atoms with Gasteiger partial charge in [0.05, 0.1) is 16.3 Å². The van der Waals surface area contributed by atoms with E-state index in [1.165, 1.54) is 12.1 Å². The summed E-state index contributed by atoms with van der Waals surface area (Å²) >= 11 is 6.05. The average molecular weight is 482 g/mol. The normalized spacial score (nSPS) is 11.4. The maximum Gasteiger partial charge on any atom is 0.204 e. The number of nitrogens with one attached hydrogen (secondary N) is 1. The summed E-state index contributed by atoms with van der Waals surface area (Å²) in [7, 11) is -3.58. The van der Waals surface area contributed by atoms with E-state index in [4.69, 9.17) is 11.6 Å². The topological polar surface area (TPSA) is 106 Å². The highest BCUT2D eigenvalue weighted by atomic mass is 35.5. The van der Waals surface area contributed by atoms with Gasteiger partial charge in [0, 0.05) is 40.0 Å². The van der Waals surface area contributed by atoms with Crippen molar-refractivity contribution in [3.05, 3.63) is 94.3 Å². The number of hydrogen-bond acceptors (Lipinski definition) is 5. The van der Waals surface area contributed by atoms with E-state index >= 15 is 0 Å². The van der Waals surface area contributed by atoms with E-state index < -0.39 is 14.8 Å². The molecule has 0 aliphatic carbocycles. The molecule has 0 amide bonds. The van der Waals surface area contributed by atoms with Crippen molar-refractivity contribution < 1.29 is 13.3 Å². The number of halogens is 1. The fourth-order valence-electron chi connectivity index (χ4n) is 3.56. The van der Waals surface area contributed by atoms with Gasteiger partial charge in [-0.2, -0.15) is 0 Å². The van der Waals surface area contributed by atoms with Crippen LogP contribution in [-0.4, -0.2) is 35.6 Å². The molecular weight excluding hydrogens is 462 g/mol. The van der Waals surface area contributed by atoms with Gasteiger partial charge in [0.25, 0.3) is 0 Å². The number of nitro groups is 1. The van der Waals surface area contributed by atoms with Crippen LogP contribution in [0.25, 0.3) is 33.6 Å². The molecule has 4 aromatic rings. The maximum absolute atomic E-state index is 12.5. The molecule has 2 heterocycles. The number of rotatable bonds is 8. The van der Waals surface area contributed by atoms with Crippen LogP contribution in [0.4, 0.5) is 0 Å². The van der Waals surface area contributed by atoms with Crippen LogP contribution in [0.3, 0.4) is 0 Å². The molecule has 168 valence electrons. The Balaban J connectivity index is 1.68.